The summed E-state index contributed by atoms with van der Waals surface area (Å²) in [4.78, 5) is 25.3. The molecule has 2 saturated carbocycles. The Morgan fingerprint density at radius 2 is 0.808 bits per heavy atom. The zero-order chi connectivity index (χ0) is 19.8. The van der Waals surface area contributed by atoms with Crippen LogP contribution in [0.3, 0.4) is 0 Å². The first-order chi connectivity index (χ1) is 11.7. The first kappa shape index (κ1) is 20.6. The maximum absolute atomic E-state index is 6.32. The highest BCUT2D eigenvalue weighted by atomic mass is 17.4. The van der Waals surface area contributed by atoms with Gasteiger partial charge in [-0.3, -0.25) is 0 Å². The number of hydrogen-bond donors (Lipinski definition) is 0. The fourth-order valence-corrected chi connectivity index (χ4v) is 5.36. The third kappa shape index (κ3) is 2.28. The second kappa shape index (κ2) is 5.68. The van der Waals surface area contributed by atoms with Crippen LogP contribution < -0.4 is 0 Å². The first-order valence-electron chi connectivity index (χ1n) is 10.4. The lowest BCUT2D eigenvalue weighted by Crippen LogP contribution is -2.71. The second-order valence-corrected chi connectivity index (χ2v) is 11.6. The summed E-state index contributed by atoms with van der Waals surface area (Å²) in [5, 5.41) is 0. The summed E-state index contributed by atoms with van der Waals surface area (Å²) in [5.41, 5.74) is -0.388. The third-order valence-electron chi connectivity index (χ3n) is 9.41. The summed E-state index contributed by atoms with van der Waals surface area (Å²) >= 11 is 0. The molecule has 2 aliphatic carbocycles. The van der Waals surface area contributed by atoms with Gasteiger partial charge in [0.15, 0.2) is 0 Å². The molecule has 2 unspecified atom stereocenters. The fraction of sp³-hybridized carbons (Fsp3) is 1.00. The van der Waals surface area contributed by atoms with E-state index in [2.05, 4.69) is 69.2 Å². The third-order valence-corrected chi connectivity index (χ3v) is 9.41. The van der Waals surface area contributed by atoms with Crippen LogP contribution in [0.5, 0.6) is 0 Å². The maximum Gasteiger partial charge on any atom is 0.242 e. The average Bonchev–Trinajstić information content (AvgIpc) is 2.54. The Kier molecular flexibility index (Phi) is 4.50. The van der Waals surface area contributed by atoms with E-state index in [4.69, 9.17) is 19.6 Å². The molecule has 0 bridgehead atoms. The highest BCUT2D eigenvalue weighted by Gasteiger charge is 2.71. The summed E-state index contributed by atoms with van der Waals surface area (Å²) in [6, 6.07) is 0. The minimum absolute atomic E-state index is 0.0592. The van der Waals surface area contributed by atoms with Gasteiger partial charge in [-0.2, -0.15) is 19.6 Å². The van der Waals surface area contributed by atoms with Crippen molar-refractivity contribution >= 4 is 0 Å². The highest BCUT2D eigenvalue weighted by Crippen LogP contribution is 2.65. The van der Waals surface area contributed by atoms with E-state index >= 15 is 0 Å². The Bertz CT molecular complexity index is 502. The lowest BCUT2D eigenvalue weighted by molar-refractivity contribution is -0.705. The lowest BCUT2D eigenvalue weighted by Gasteiger charge is -2.65. The summed E-state index contributed by atoms with van der Waals surface area (Å²) < 4.78 is 0. The monoisotopic (exact) mass is 368 g/mol. The van der Waals surface area contributed by atoms with Crippen molar-refractivity contribution in [3.8, 4) is 0 Å². The largest absolute Gasteiger partial charge is 0.242 e. The van der Waals surface area contributed by atoms with E-state index < -0.39 is 11.6 Å². The molecule has 0 N–H and O–H groups in total. The van der Waals surface area contributed by atoms with Gasteiger partial charge in [-0.25, -0.2) is 0 Å². The van der Waals surface area contributed by atoms with Crippen LogP contribution in [0.15, 0.2) is 0 Å². The van der Waals surface area contributed by atoms with Gasteiger partial charge in [0.2, 0.25) is 11.6 Å². The van der Waals surface area contributed by atoms with Crippen LogP contribution in [0.2, 0.25) is 0 Å². The van der Waals surface area contributed by atoms with Crippen LogP contribution in [0.25, 0.3) is 0 Å². The van der Waals surface area contributed by atoms with Crippen LogP contribution in [-0.4, -0.2) is 11.6 Å². The van der Waals surface area contributed by atoms with Gasteiger partial charge in [-0.1, -0.05) is 69.2 Å². The Morgan fingerprint density at radius 1 is 0.538 bits per heavy atom. The number of hydrogen-bond acceptors (Lipinski definition) is 4. The number of rotatable bonds is 0. The van der Waals surface area contributed by atoms with Crippen molar-refractivity contribution < 1.29 is 19.6 Å². The zero-order valence-electron chi connectivity index (χ0n) is 18.6. The van der Waals surface area contributed by atoms with Crippen molar-refractivity contribution in [3.63, 3.8) is 0 Å². The van der Waals surface area contributed by atoms with Crippen LogP contribution in [0.1, 0.15) is 94.9 Å². The Hall–Kier alpha value is -0.160. The van der Waals surface area contributed by atoms with E-state index in [1.807, 2.05) is 0 Å². The zero-order valence-corrected chi connectivity index (χ0v) is 18.6. The molecule has 0 radical (unpaired) electrons. The molecule has 0 aromatic rings. The van der Waals surface area contributed by atoms with Crippen LogP contribution >= 0.6 is 0 Å². The predicted octanol–water partition coefficient (Wildman–Crippen LogP) is 6.25. The molecule has 4 heteroatoms. The van der Waals surface area contributed by atoms with E-state index in [-0.39, 0.29) is 33.5 Å². The minimum atomic E-state index is -0.891. The molecule has 2 atom stereocenters. The highest BCUT2D eigenvalue weighted by molar-refractivity contribution is 5.07. The molecule has 3 fully saturated rings. The molecule has 0 amide bonds. The van der Waals surface area contributed by atoms with Gasteiger partial charge in [-0.05, 0) is 36.5 Å². The van der Waals surface area contributed by atoms with Crippen molar-refractivity contribution in [1.82, 2.24) is 0 Å². The molecule has 3 rings (SSSR count). The van der Waals surface area contributed by atoms with Gasteiger partial charge >= 0.3 is 0 Å². The predicted molar refractivity (Wildman–Crippen MR) is 102 cm³/mol. The molecular formula is C22H40O4. The van der Waals surface area contributed by atoms with Crippen LogP contribution in [0.4, 0.5) is 0 Å². The normalized spacial score (nSPS) is 46.4. The second-order valence-electron chi connectivity index (χ2n) is 11.6. The Morgan fingerprint density at radius 3 is 1.08 bits per heavy atom. The summed E-state index contributed by atoms with van der Waals surface area (Å²) in [7, 11) is 0. The van der Waals surface area contributed by atoms with E-state index in [0.717, 1.165) is 25.7 Å². The van der Waals surface area contributed by atoms with Gasteiger partial charge in [0.25, 0.3) is 0 Å². The molecule has 26 heavy (non-hydrogen) atoms. The van der Waals surface area contributed by atoms with Crippen molar-refractivity contribution in [2.45, 2.75) is 106 Å². The van der Waals surface area contributed by atoms with Gasteiger partial charge < -0.3 is 0 Å². The lowest BCUT2D eigenvalue weighted by atomic mass is 9.53. The van der Waals surface area contributed by atoms with Crippen molar-refractivity contribution in [2.75, 3.05) is 0 Å². The van der Waals surface area contributed by atoms with Gasteiger partial charge in [0, 0.05) is 22.7 Å². The van der Waals surface area contributed by atoms with Crippen molar-refractivity contribution in [1.29, 1.82) is 0 Å². The van der Waals surface area contributed by atoms with E-state index in [0.29, 0.717) is 0 Å². The molecule has 152 valence electrons. The summed E-state index contributed by atoms with van der Waals surface area (Å²) in [6.45, 7) is 22.4. The van der Waals surface area contributed by atoms with Crippen LogP contribution in [-0.2, 0) is 19.6 Å². The molecule has 1 heterocycles. The molecule has 0 aromatic heterocycles. The standard InChI is InChI=1S/C22H40O4/c1-15-11-13-17(3,4)19(7,8)21(15)23-25-22(26-24-21)16(2)12-14-18(5,6)20(22,9)10/h15-16H,11-14H2,1-10H3. The van der Waals surface area contributed by atoms with Gasteiger partial charge in [-0.15, -0.1) is 0 Å². The quantitative estimate of drug-likeness (QED) is 0.473. The first-order valence-corrected chi connectivity index (χ1v) is 10.4. The molecule has 1 saturated heterocycles. The molecule has 1 aliphatic heterocycles. The van der Waals surface area contributed by atoms with E-state index in [1.165, 1.54) is 0 Å². The topological polar surface area (TPSA) is 36.9 Å². The van der Waals surface area contributed by atoms with Crippen molar-refractivity contribution in [2.24, 2.45) is 33.5 Å². The van der Waals surface area contributed by atoms with Gasteiger partial charge in [0.05, 0.1) is 0 Å². The Balaban J connectivity index is 1.97. The molecule has 3 aliphatic rings. The fourth-order valence-electron chi connectivity index (χ4n) is 5.36. The van der Waals surface area contributed by atoms with E-state index in [1.54, 1.807) is 0 Å². The smallest absolute Gasteiger partial charge is 0.194 e. The summed E-state index contributed by atoms with van der Waals surface area (Å²) in [5.74, 6) is -1.40. The van der Waals surface area contributed by atoms with Crippen LogP contribution in [0, 0.1) is 33.5 Å². The molecule has 2 spiro atoms. The van der Waals surface area contributed by atoms with Gasteiger partial charge in [0.1, 0.15) is 0 Å². The Labute approximate surface area is 160 Å². The average molecular weight is 369 g/mol. The minimum Gasteiger partial charge on any atom is -0.194 e. The molecule has 4 nitrogen and oxygen atoms in total. The van der Waals surface area contributed by atoms with Crippen molar-refractivity contribution in [3.05, 3.63) is 0 Å². The SMILES string of the molecule is CC1CCC(C)(C)C(C)(C)C12OOC1(OO2)C(C)CCC(C)(C)C1(C)C. The molecular weight excluding hydrogens is 328 g/mol. The maximum atomic E-state index is 6.32. The molecule has 0 aromatic carbocycles. The van der Waals surface area contributed by atoms with E-state index in [9.17, 15) is 0 Å². The summed E-state index contributed by atoms with van der Waals surface area (Å²) in [6.07, 6.45) is 4.33.